The van der Waals surface area contributed by atoms with Crippen molar-refractivity contribution in [2.24, 2.45) is 5.41 Å². The fourth-order valence-electron chi connectivity index (χ4n) is 4.36. The van der Waals surface area contributed by atoms with Gasteiger partial charge in [-0.1, -0.05) is 13.8 Å². The molecule has 1 aliphatic rings. The number of carbonyl (C=O) groups excluding carboxylic acids is 2. The number of carbonyl (C=O) groups is 2. The van der Waals surface area contributed by atoms with Crippen LogP contribution < -0.4 is 16.4 Å². The number of pyridine rings is 1. The number of ether oxygens (including phenoxy) is 1. The topological polar surface area (TPSA) is 334 Å². The molecule has 0 saturated carbocycles. The molecule has 49 heavy (non-hydrogen) atoms. The summed E-state index contributed by atoms with van der Waals surface area (Å²) < 4.78 is 62.0. The Labute approximate surface area is 283 Å². The first-order valence-electron chi connectivity index (χ1n) is 14.2. The van der Waals surface area contributed by atoms with Crippen molar-refractivity contribution in [3.63, 3.8) is 0 Å². The van der Waals surface area contributed by atoms with Gasteiger partial charge >= 0.3 is 23.5 Å². The first-order valence-corrected chi connectivity index (χ1v) is 20.1. The largest absolute Gasteiger partial charge is 0.481 e. The van der Waals surface area contributed by atoms with E-state index in [0.717, 1.165) is 0 Å². The van der Waals surface area contributed by atoms with Crippen molar-refractivity contribution in [1.29, 1.82) is 0 Å². The summed E-state index contributed by atoms with van der Waals surface area (Å²) in [4.78, 5) is 71.1. The van der Waals surface area contributed by atoms with Crippen molar-refractivity contribution in [2.75, 3.05) is 44.0 Å². The lowest BCUT2D eigenvalue weighted by Crippen LogP contribution is -2.46. The first kappa shape index (κ1) is 41.4. The zero-order valence-electron chi connectivity index (χ0n) is 26.3. The predicted molar refractivity (Wildman–Crippen MR) is 170 cm³/mol. The van der Waals surface area contributed by atoms with Crippen LogP contribution in [0.2, 0.25) is 0 Å². The summed E-state index contributed by atoms with van der Waals surface area (Å²) in [5.41, 5.74) is 4.72. The molecule has 0 spiro atoms. The van der Waals surface area contributed by atoms with E-state index in [2.05, 4.69) is 29.4 Å². The minimum Gasteiger partial charge on any atom is -0.386 e. The minimum absolute atomic E-state index is 0.0280. The smallest absolute Gasteiger partial charge is 0.386 e. The van der Waals surface area contributed by atoms with E-state index >= 15 is 0 Å². The van der Waals surface area contributed by atoms with Crippen molar-refractivity contribution in [3.8, 4) is 0 Å². The second-order valence-corrected chi connectivity index (χ2v) is 16.4. The third kappa shape index (κ3) is 12.0. The molecule has 10 N–H and O–H groups in total. The highest BCUT2D eigenvalue weighted by Gasteiger charge is 2.50. The van der Waals surface area contributed by atoms with E-state index in [-0.39, 0.29) is 35.7 Å². The molecule has 26 heteroatoms. The van der Waals surface area contributed by atoms with Crippen molar-refractivity contribution < 1.29 is 75.7 Å². The van der Waals surface area contributed by atoms with Gasteiger partial charge in [-0.25, -0.2) is 23.7 Å². The molecule has 1 aliphatic heterocycles. The number of aromatic nitrogens is 3. The van der Waals surface area contributed by atoms with Crippen LogP contribution in [-0.2, 0) is 45.9 Å². The standard InChI is InChI=1S/C23H39N6O16P3S/c1-23(2,19(32)21(33)27-7-5-15(30)25-8-9-49-3)11-42-48(39,40)45-47(37,38)41-10-14-18(44-46(34,35)36)17(31)22(43-14)29-12-28-16-13(29)4-6-26-20(16)24/h4,6,12,14,17-19,22,31-32H,5,7-11H2,1-3H3,(H2,24,26)(H,25,30)(H,27,33)(H,37,38)(H,39,40)(H2,34,35,36). The Morgan fingerprint density at radius 3 is 2.45 bits per heavy atom. The van der Waals surface area contributed by atoms with E-state index in [1.54, 1.807) is 0 Å². The number of rotatable bonds is 19. The molecule has 1 fully saturated rings. The quantitative estimate of drug-likeness (QED) is 0.0633. The molecule has 0 bridgehead atoms. The van der Waals surface area contributed by atoms with Gasteiger partial charge in [0.1, 0.15) is 29.9 Å². The number of hydrogen-bond donors (Lipinski definition) is 9. The summed E-state index contributed by atoms with van der Waals surface area (Å²) in [7, 11) is -16.3. The van der Waals surface area contributed by atoms with Crippen molar-refractivity contribution in [2.45, 2.75) is 50.9 Å². The Kier molecular flexibility index (Phi) is 14.3. The Morgan fingerprint density at radius 2 is 1.80 bits per heavy atom. The number of nitrogens with two attached hydrogens (primary N) is 1. The summed E-state index contributed by atoms with van der Waals surface area (Å²) in [5.74, 6) is -0.519. The molecule has 0 aromatic carbocycles. The van der Waals surface area contributed by atoms with Crippen LogP contribution >= 0.6 is 35.2 Å². The zero-order chi connectivity index (χ0) is 36.8. The molecule has 3 heterocycles. The van der Waals surface area contributed by atoms with Crippen LogP contribution in [0.15, 0.2) is 18.6 Å². The minimum atomic E-state index is -5.52. The lowest BCUT2D eigenvalue weighted by molar-refractivity contribution is -0.137. The fourth-order valence-corrected chi connectivity index (χ4v) is 7.50. The van der Waals surface area contributed by atoms with E-state index in [1.165, 1.54) is 48.8 Å². The Morgan fingerprint density at radius 1 is 1.12 bits per heavy atom. The van der Waals surface area contributed by atoms with Gasteiger partial charge in [0, 0.05) is 36.9 Å². The normalized spacial score (nSPS) is 23.1. The number of phosphoric ester groups is 3. The van der Waals surface area contributed by atoms with Crippen LogP contribution in [0.5, 0.6) is 0 Å². The van der Waals surface area contributed by atoms with Gasteiger partial charge in [-0.2, -0.15) is 16.1 Å². The summed E-state index contributed by atoms with van der Waals surface area (Å²) in [6.45, 7) is 0.936. The van der Waals surface area contributed by atoms with Gasteiger partial charge in [-0.05, 0) is 12.3 Å². The summed E-state index contributed by atoms with van der Waals surface area (Å²) in [6, 6.07) is 1.45. The maximum absolute atomic E-state index is 12.6. The van der Waals surface area contributed by atoms with Crippen LogP contribution in [0.1, 0.15) is 26.5 Å². The molecule has 2 aromatic rings. The number of phosphoric acid groups is 3. The number of aliphatic hydroxyl groups excluding tert-OH is 2. The van der Waals surface area contributed by atoms with Gasteiger partial charge in [0.2, 0.25) is 11.8 Å². The van der Waals surface area contributed by atoms with Gasteiger partial charge in [0.05, 0.1) is 25.1 Å². The van der Waals surface area contributed by atoms with E-state index in [4.69, 9.17) is 19.5 Å². The molecule has 0 aliphatic carbocycles. The van der Waals surface area contributed by atoms with Gasteiger partial charge in [0.25, 0.3) is 0 Å². The molecule has 1 saturated heterocycles. The summed E-state index contributed by atoms with van der Waals surface area (Å²) in [6.07, 6.45) is -4.34. The summed E-state index contributed by atoms with van der Waals surface area (Å²) >= 11 is 1.54. The van der Waals surface area contributed by atoms with Crippen molar-refractivity contribution in [3.05, 3.63) is 18.6 Å². The maximum atomic E-state index is 12.6. The van der Waals surface area contributed by atoms with Crippen LogP contribution in [0.3, 0.4) is 0 Å². The lowest BCUT2D eigenvalue weighted by atomic mass is 9.87. The molecule has 3 rings (SSSR count). The van der Waals surface area contributed by atoms with Gasteiger partial charge < -0.3 is 55.5 Å². The number of hydrogen-bond acceptors (Lipinski definition) is 16. The Bertz CT molecular complexity index is 1610. The number of thioether (sulfide) groups is 1. The van der Waals surface area contributed by atoms with Crippen LogP contribution in [0, 0.1) is 5.41 Å². The van der Waals surface area contributed by atoms with Gasteiger partial charge in [-0.15, -0.1) is 0 Å². The number of aliphatic hydroxyl groups is 2. The fraction of sp³-hybridized carbons (Fsp3) is 0.652. The van der Waals surface area contributed by atoms with E-state index in [0.29, 0.717) is 12.3 Å². The highest BCUT2D eigenvalue weighted by atomic mass is 32.2. The number of anilines is 1. The summed E-state index contributed by atoms with van der Waals surface area (Å²) in [5, 5.41) is 26.3. The number of nitrogen functional groups attached to an aromatic ring is 1. The number of imidazole rings is 1. The second-order valence-electron chi connectivity index (χ2n) is 11.2. The Hall–Kier alpha value is -2.04. The number of fused-ring (bicyclic) bond motifs is 1. The molecule has 0 radical (unpaired) electrons. The Balaban J connectivity index is 1.59. The van der Waals surface area contributed by atoms with Crippen LogP contribution in [0.4, 0.5) is 5.82 Å². The second kappa shape index (κ2) is 17.0. The molecular weight excluding hydrogens is 741 g/mol. The number of amides is 2. The van der Waals surface area contributed by atoms with E-state index in [9.17, 15) is 53.1 Å². The van der Waals surface area contributed by atoms with Crippen LogP contribution in [-0.4, -0.2) is 119 Å². The lowest BCUT2D eigenvalue weighted by Gasteiger charge is -2.30. The third-order valence-electron chi connectivity index (χ3n) is 6.84. The van der Waals surface area contributed by atoms with Crippen LogP contribution in [0.25, 0.3) is 11.0 Å². The number of nitrogens with one attached hydrogen (secondary N) is 2. The molecule has 7 unspecified atom stereocenters. The maximum Gasteiger partial charge on any atom is 0.481 e. The zero-order valence-corrected chi connectivity index (χ0v) is 29.8. The van der Waals surface area contributed by atoms with Crippen molar-refractivity contribution in [1.82, 2.24) is 25.2 Å². The first-order chi connectivity index (χ1) is 22.7. The molecule has 2 aromatic heterocycles. The monoisotopic (exact) mass is 780 g/mol. The molecule has 7 atom stereocenters. The van der Waals surface area contributed by atoms with E-state index < -0.39 is 78.6 Å². The highest BCUT2D eigenvalue weighted by Crippen LogP contribution is 2.61. The van der Waals surface area contributed by atoms with Gasteiger partial charge in [-0.3, -0.25) is 23.2 Å². The van der Waals surface area contributed by atoms with E-state index in [1.807, 2.05) is 6.26 Å². The highest BCUT2D eigenvalue weighted by molar-refractivity contribution is 7.98. The average molecular weight is 781 g/mol. The molecule has 2 amide bonds. The number of nitrogens with zero attached hydrogens (tertiary/aromatic N) is 3. The molecule has 278 valence electrons. The SMILES string of the molecule is CSCCNC(=O)CCNC(=O)C(O)C(C)(C)COP(=O)(O)OP(=O)(O)OCC1OC(n2cnc3c(N)nccc32)C(O)C1OP(=O)(O)O. The third-order valence-corrected chi connectivity index (χ3v) is 10.6. The molecular formula is C23H39N6O16P3S. The van der Waals surface area contributed by atoms with Crippen molar-refractivity contribution >= 4 is 63.9 Å². The predicted octanol–water partition coefficient (Wildman–Crippen LogP) is -0.627. The molecule has 22 nitrogen and oxygen atoms in total. The van der Waals surface area contributed by atoms with Gasteiger partial charge in [0.15, 0.2) is 12.0 Å². The average Bonchev–Trinajstić information content (AvgIpc) is 3.55.